The summed E-state index contributed by atoms with van der Waals surface area (Å²) in [7, 11) is 0. The SMILES string of the molecule is Cc1cc2c3c(c1)N(c1cccc4c1oc1ccccc14)c1cc4c(cc1B3c1cc3c(cc1N2c1ccc2c(c1)C(C)(C)CCC2(C)C)C(C)(C)CCC3(C)C)C(C)(C)CC4(C)C. The summed E-state index contributed by atoms with van der Waals surface area (Å²) >= 11 is 0. The third-order valence-electron chi connectivity index (χ3n) is 17.4. The molecule has 0 amide bonds. The monoisotopic (exact) mass is 841 g/mol. The first kappa shape index (κ1) is 40.3. The molecule has 0 bridgehead atoms. The predicted molar refractivity (Wildman–Crippen MR) is 274 cm³/mol. The lowest BCUT2D eigenvalue weighted by atomic mass is 9.33. The lowest BCUT2D eigenvalue weighted by molar-refractivity contribution is 0.332. The standard InChI is InChI=1S/C60H65BN2O/c1-35-27-50-53-51(28-35)63(47-19-16-18-38-37-17-14-15-20-52(37)64-54(38)47)49-33-44-42(59(10,11)34-60(44,12)13)31-46(49)61(53)45-30-41-43(58(8,9)26-25-57(41,6)7)32-48(45)62(50)36-21-22-39-40(29-36)56(4,5)24-23-55(39,2)3/h14-22,27-33H,23-26,34H2,1-13H3. The summed E-state index contributed by atoms with van der Waals surface area (Å²) in [4.78, 5) is 5.30. The normalized spacial score (nSPS) is 20.9. The highest BCUT2D eigenvalue weighted by molar-refractivity contribution is 7.00. The zero-order valence-corrected chi connectivity index (χ0v) is 40.7. The third kappa shape index (κ3) is 5.41. The predicted octanol–water partition coefficient (Wildman–Crippen LogP) is 14.6. The zero-order chi connectivity index (χ0) is 44.8. The Hall–Kier alpha value is -5.22. The van der Waals surface area contributed by atoms with Crippen LogP contribution in [-0.2, 0) is 32.5 Å². The van der Waals surface area contributed by atoms with Crippen LogP contribution in [0.4, 0.5) is 34.1 Å². The van der Waals surface area contributed by atoms with Gasteiger partial charge in [0, 0.05) is 39.2 Å². The molecule has 324 valence electrons. The third-order valence-corrected chi connectivity index (χ3v) is 17.4. The number of hydrogen-bond donors (Lipinski definition) is 0. The van der Waals surface area contributed by atoms with E-state index in [2.05, 4.69) is 197 Å². The van der Waals surface area contributed by atoms with E-state index in [1.807, 2.05) is 0 Å². The van der Waals surface area contributed by atoms with Gasteiger partial charge in [-0.3, -0.25) is 0 Å². The average Bonchev–Trinajstić information content (AvgIpc) is 3.70. The lowest BCUT2D eigenvalue weighted by Crippen LogP contribution is -2.62. The second-order valence-corrected chi connectivity index (χ2v) is 24.7. The molecule has 2 aliphatic heterocycles. The first-order valence-electron chi connectivity index (χ1n) is 24.3. The van der Waals surface area contributed by atoms with Crippen molar-refractivity contribution in [2.45, 2.75) is 155 Å². The van der Waals surface area contributed by atoms with Crippen molar-refractivity contribution in [1.82, 2.24) is 0 Å². The van der Waals surface area contributed by atoms with Crippen LogP contribution < -0.4 is 26.2 Å². The van der Waals surface area contributed by atoms with E-state index in [1.165, 1.54) is 109 Å². The molecule has 3 nitrogen and oxygen atoms in total. The molecule has 0 fully saturated rings. The van der Waals surface area contributed by atoms with E-state index in [0.717, 1.165) is 34.0 Å². The van der Waals surface area contributed by atoms with Gasteiger partial charge in [0.2, 0.25) is 0 Å². The Morgan fingerprint density at radius 3 is 1.58 bits per heavy atom. The van der Waals surface area contributed by atoms with Gasteiger partial charge in [-0.25, -0.2) is 0 Å². The number of benzene rings is 6. The molecule has 0 atom stereocenters. The van der Waals surface area contributed by atoms with E-state index in [9.17, 15) is 0 Å². The summed E-state index contributed by atoms with van der Waals surface area (Å²) in [5, 5.41) is 2.32. The Morgan fingerprint density at radius 2 is 0.938 bits per heavy atom. The molecule has 7 aromatic rings. The fourth-order valence-corrected chi connectivity index (χ4v) is 13.8. The van der Waals surface area contributed by atoms with E-state index in [0.29, 0.717) is 0 Å². The van der Waals surface area contributed by atoms with Crippen LogP contribution in [-0.4, -0.2) is 6.71 Å². The topological polar surface area (TPSA) is 19.6 Å². The fraction of sp³-hybridized carbons (Fsp3) is 0.400. The van der Waals surface area contributed by atoms with Gasteiger partial charge in [-0.2, -0.15) is 0 Å². The molecule has 0 saturated heterocycles. The van der Waals surface area contributed by atoms with Crippen LogP contribution in [0.5, 0.6) is 0 Å². The van der Waals surface area contributed by atoms with Crippen molar-refractivity contribution < 1.29 is 4.42 Å². The quantitative estimate of drug-likeness (QED) is 0.162. The molecule has 3 heterocycles. The minimum atomic E-state index is 0.0354. The molecule has 5 aliphatic rings. The highest BCUT2D eigenvalue weighted by Crippen LogP contribution is 2.55. The smallest absolute Gasteiger partial charge is 0.252 e. The molecule has 64 heavy (non-hydrogen) atoms. The first-order chi connectivity index (χ1) is 30.1. The number of aryl methyl sites for hydroxylation is 1. The van der Waals surface area contributed by atoms with E-state index in [1.54, 1.807) is 0 Å². The molecular formula is C60H65BN2O. The van der Waals surface area contributed by atoms with E-state index >= 15 is 0 Å². The van der Waals surface area contributed by atoms with Gasteiger partial charge in [-0.1, -0.05) is 132 Å². The molecule has 12 rings (SSSR count). The molecular weight excluding hydrogens is 775 g/mol. The fourth-order valence-electron chi connectivity index (χ4n) is 13.8. The van der Waals surface area contributed by atoms with Crippen molar-refractivity contribution in [1.29, 1.82) is 0 Å². The van der Waals surface area contributed by atoms with Crippen LogP contribution in [0, 0.1) is 6.92 Å². The Kier molecular flexibility index (Phi) is 7.91. The van der Waals surface area contributed by atoms with Crippen molar-refractivity contribution in [3.8, 4) is 0 Å². The maximum atomic E-state index is 6.95. The van der Waals surface area contributed by atoms with Crippen LogP contribution in [0.25, 0.3) is 21.9 Å². The number of furan rings is 1. The number of para-hydroxylation sites is 2. The van der Waals surface area contributed by atoms with Crippen molar-refractivity contribution in [2.24, 2.45) is 0 Å². The van der Waals surface area contributed by atoms with E-state index in [4.69, 9.17) is 4.42 Å². The minimum Gasteiger partial charge on any atom is -0.454 e. The molecule has 3 aliphatic carbocycles. The molecule has 0 radical (unpaired) electrons. The average molecular weight is 841 g/mol. The summed E-state index contributed by atoms with van der Waals surface area (Å²) in [6.45, 7) is 32.0. The van der Waals surface area contributed by atoms with Crippen molar-refractivity contribution in [3.05, 3.63) is 136 Å². The zero-order valence-electron chi connectivity index (χ0n) is 40.7. The Bertz CT molecular complexity index is 3190. The molecule has 0 saturated carbocycles. The summed E-state index contributed by atoms with van der Waals surface area (Å²) in [6, 6.07) is 38.5. The molecule has 1 aromatic heterocycles. The molecule has 0 spiro atoms. The largest absolute Gasteiger partial charge is 0.454 e. The first-order valence-corrected chi connectivity index (χ1v) is 24.3. The van der Waals surface area contributed by atoms with Gasteiger partial charge in [-0.15, -0.1) is 0 Å². The second-order valence-electron chi connectivity index (χ2n) is 24.7. The number of rotatable bonds is 2. The number of nitrogens with zero attached hydrogens (tertiary/aromatic N) is 2. The Morgan fingerprint density at radius 1 is 0.438 bits per heavy atom. The van der Waals surface area contributed by atoms with Gasteiger partial charge >= 0.3 is 0 Å². The van der Waals surface area contributed by atoms with Crippen LogP contribution in [0.3, 0.4) is 0 Å². The van der Waals surface area contributed by atoms with Gasteiger partial charge < -0.3 is 14.2 Å². The van der Waals surface area contributed by atoms with Crippen LogP contribution in [0.1, 0.15) is 154 Å². The highest BCUT2D eigenvalue weighted by Gasteiger charge is 2.50. The van der Waals surface area contributed by atoms with Gasteiger partial charge in [0.15, 0.2) is 5.58 Å². The van der Waals surface area contributed by atoms with E-state index < -0.39 is 0 Å². The lowest BCUT2D eigenvalue weighted by Gasteiger charge is -2.48. The van der Waals surface area contributed by atoms with Gasteiger partial charge in [0.25, 0.3) is 6.71 Å². The van der Waals surface area contributed by atoms with Crippen molar-refractivity contribution in [2.75, 3.05) is 9.80 Å². The molecule has 0 unspecified atom stereocenters. The second kappa shape index (κ2) is 12.6. The van der Waals surface area contributed by atoms with Gasteiger partial charge in [0.1, 0.15) is 5.58 Å². The van der Waals surface area contributed by atoms with Crippen molar-refractivity contribution in [3.63, 3.8) is 0 Å². The number of hydrogen-bond acceptors (Lipinski definition) is 3. The maximum absolute atomic E-state index is 6.95. The minimum absolute atomic E-state index is 0.0354. The maximum Gasteiger partial charge on any atom is 0.252 e. The Labute approximate surface area is 382 Å². The van der Waals surface area contributed by atoms with Gasteiger partial charge in [0.05, 0.1) is 5.69 Å². The molecule has 6 aromatic carbocycles. The van der Waals surface area contributed by atoms with Crippen LogP contribution in [0.2, 0.25) is 0 Å². The van der Waals surface area contributed by atoms with Gasteiger partial charge in [-0.05, 0) is 175 Å². The number of anilines is 6. The summed E-state index contributed by atoms with van der Waals surface area (Å²) in [5.74, 6) is 0. The molecule has 4 heteroatoms. The summed E-state index contributed by atoms with van der Waals surface area (Å²) in [6.07, 6.45) is 5.86. The van der Waals surface area contributed by atoms with Crippen molar-refractivity contribution >= 4 is 79.2 Å². The van der Waals surface area contributed by atoms with Crippen LogP contribution >= 0.6 is 0 Å². The van der Waals surface area contributed by atoms with E-state index in [-0.39, 0.29) is 39.2 Å². The summed E-state index contributed by atoms with van der Waals surface area (Å²) in [5.41, 5.74) is 24.3. The van der Waals surface area contributed by atoms with Crippen LogP contribution in [0.15, 0.2) is 101 Å². The summed E-state index contributed by atoms with van der Waals surface area (Å²) < 4.78 is 6.95. The number of fused-ring (bicyclic) bond motifs is 10. The molecule has 0 N–H and O–H groups in total. The Balaban J connectivity index is 1.22. The highest BCUT2D eigenvalue weighted by atomic mass is 16.3.